The van der Waals surface area contributed by atoms with E-state index in [0.29, 0.717) is 48.8 Å². The van der Waals surface area contributed by atoms with Gasteiger partial charge >= 0.3 is 0 Å². The van der Waals surface area contributed by atoms with Crippen LogP contribution in [-0.2, 0) is 19.6 Å². The minimum absolute atomic E-state index is 0.0615. The molecule has 0 aromatic heterocycles. The van der Waals surface area contributed by atoms with Gasteiger partial charge in [0.1, 0.15) is 6.04 Å². The zero-order valence-corrected chi connectivity index (χ0v) is 17.8. The third-order valence-corrected chi connectivity index (χ3v) is 8.20. The van der Waals surface area contributed by atoms with Gasteiger partial charge in [-0.3, -0.25) is 9.59 Å². The van der Waals surface area contributed by atoms with Crippen molar-refractivity contribution in [1.29, 1.82) is 5.26 Å². The number of nitrogens with zero attached hydrogens (tertiary/aromatic N) is 3. The molecule has 8 nitrogen and oxygen atoms in total. The molecule has 0 saturated carbocycles. The van der Waals surface area contributed by atoms with Gasteiger partial charge in [-0.05, 0) is 44.0 Å². The fraction of sp³-hybridized carbons (Fsp3) is 0.526. The monoisotopic (exact) mass is 436 g/mol. The van der Waals surface area contributed by atoms with Crippen LogP contribution in [-0.4, -0.2) is 66.0 Å². The average molecular weight is 437 g/mol. The molecule has 1 N–H and O–H groups in total. The molecular formula is C19H24N4O4S2. The van der Waals surface area contributed by atoms with E-state index in [1.54, 1.807) is 36.1 Å². The third kappa shape index (κ3) is 4.91. The Morgan fingerprint density at radius 1 is 1.24 bits per heavy atom. The molecule has 0 spiro atoms. The van der Waals surface area contributed by atoms with Crippen LogP contribution in [0.2, 0.25) is 0 Å². The summed E-state index contributed by atoms with van der Waals surface area (Å²) in [7, 11) is -3.23. The Labute approximate surface area is 175 Å². The van der Waals surface area contributed by atoms with Crippen LogP contribution in [0.15, 0.2) is 24.3 Å². The summed E-state index contributed by atoms with van der Waals surface area (Å²) in [6.07, 6.45) is 0.951. The number of piperidine rings is 1. The highest BCUT2D eigenvalue weighted by molar-refractivity contribution is 7.99. The van der Waals surface area contributed by atoms with Crippen molar-refractivity contribution < 1.29 is 18.0 Å². The lowest BCUT2D eigenvalue weighted by molar-refractivity contribution is -0.140. The number of nitrogens with one attached hydrogen (secondary N) is 1. The quantitative estimate of drug-likeness (QED) is 0.748. The van der Waals surface area contributed by atoms with Crippen molar-refractivity contribution in [2.45, 2.75) is 25.8 Å². The number of nitriles is 1. The van der Waals surface area contributed by atoms with Gasteiger partial charge in [-0.25, -0.2) is 12.7 Å². The Morgan fingerprint density at radius 2 is 1.90 bits per heavy atom. The molecule has 1 atom stereocenters. The Kier molecular flexibility index (Phi) is 6.82. The van der Waals surface area contributed by atoms with Crippen molar-refractivity contribution in [2.75, 3.05) is 35.8 Å². The number of sulfonamides is 1. The molecule has 1 unspecified atom stereocenters. The Morgan fingerprint density at radius 3 is 2.48 bits per heavy atom. The summed E-state index contributed by atoms with van der Waals surface area (Å²) in [6.45, 7) is 2.30. The molecule has 2 heterocycles. The molecule has 156 valence electrons. The summed E-state index contributed by atoms with van der Waals surface area (Å²) in [5, 5.41) is 11.7. The standard InChI is InChI=1S/C19H24N4O4S2/c1-2-29(26,27)22-9-7-15(8-10-22)19(25)23-13-28-12-17(23)18(24)21-16-5-3-14(11-20)4-6-16/h3-6,15,17H,2,7-10,12-13H2,1H3,(H,21,24). The zero-order valence-electron chi connectivity index (χ0n) is 16.2. The van der Waals surface area contributed by atoms with Gasteiger partial charge in [0.2, 0.25) is 21.8 Å². The highest BCUT2D eigenvalue weighted by atomic mass is 32.2. The first-order valence-electron chi connectivity index (χ1n) is 9.52. The van der Waals surface area contributed by atoms with Crippen molar-refractivity contribution in [3.8, 4) is 6.07 Å². The van der Waals surface area contributed by atoms with Gasteiger partial charge < -0.3 is 10.2 Å². The van der Waals surface area contributed by atoms with Crippen molar-refractivity contribution in [3.05, 3.63) is 29.8 Å². The van der Waals surface area contributed by atoms with Crippen molar-refractivity contribution >= 4 is 39.3 Å². The van der Waals surface area contributed by atoms with Gasteiger partial charge in [-0.15, -0.1) is 11.8 Å². The van der Waals surface area contributed by atoms with E-state index in [1.165, 1.54) is 16.1 Å². The number of rotatable bonds is 5. The number of carbonyl (C=O) groups excluding carboxylic acids is 2. The molecule has 1 aromatic carbocycles. The largest absolute Gasteiger partial charge is 0.324 e. The number of carbonyl (C=O) groups is 2. The molecule has 2 saturated heterocycles. The van der Waals surface area contributed by atoms with Gasteiger partial charge in [0, 0.05) is 30.4 Å². The second kappa shape index (κ2) is 9.15. The van der Waals surface area contributed by atoms with Crippen LogP contribution < -0.4 is 5.32 Å². The minimum atomic E-state index is -3.23. The van der Waals surface area contributed by atoms with E-state index in [-0.39, 0.29) is 23.5 Å². The van der Waals surface area contributed by atoms with E-state index in [2.05, 4.69) is 5.32 Å². The molecule has 1 aromatic rings. The van der Waals surface area contributed by atoms with Gasteiger partial charge in [0.25, 0.3) is 0 Å². The molecule has 2 aliphatic heterocycles. The van der Waals surface area contributed by atoms with E-state index in [0.717, 1.165) is 0 Å². The van der Waals surface area contributed by atoms with Crippen molar-refractivity contribution in [2.24, 2.45) is 5.92 Å². The van der Waals surface area contributed by atoms with Crippen LogP contribution >= 0.6 is 11.8 Å². The maximum Gasteiger partial charge on any atom is 0.248 e. The summed E-state index contributed by atoms with van der Waals surface area (Å²) < 4.78 is 25.4. The fourth-order valence-corrected chi connectivity index (χ4v) is 5.82. The maximum atomic E-state index is 13.0. The number of benzene rings is 1. The fourth-order valence-electron chi connectivity index (χ4n) is 3.53. The number of anilines is 1. The number of amides is 2. The normalized spacial score (nSPS) is 21.0. The first kappa shape index (κ1) is 21.6. The summed E-state index contributed by atoms with van der Waals surface area (Å²) >= 11 is 1.53. The van der Waals surface area contributed by atoms with Gasteiger partial charge in [0.05, 0.1) is 23.3 Å². The molecular weight excluding hydrogens is 412 g/mol. The maximum absolute atomic E-state index is 13.0. The molecule has 29 heavy (non-hydrogen) atoms. The van der Waals surface area contributed by atoms with Crippen molar-refractivity contribution in [1.82, 2.24) is 9.21 Å². The van der Waals surface area contributed by atoms with Crippen LogP contribution in [0.4, 0.5) is 5.69 Å². The van der Waals surface area contributed by atoms with Gasteiger partial charge in [0.15, 0.2) is 0 Å². The van der Waals surface area contributed by atoms with Crippen molar-refractivity contribution in [3.63, 3.8) is 0 Å². The Bertz CT molecular complexity index is 903. The lowest BCUT2D eigenvalue weighted by Crippen LogP contribution is -2.49. The van der Waals surface area contributed by atoms with E-state index >= 15 is 0 Å². The molecule has 10 heteroatoms. The lowest BCUT2D eigenvalue weighted by Gasteiger charge is -2.33. The van der Waals surface area contributed by atoms with Crippen LogP contribution in [0.1, 0.15) is 25.3 Å². The first-order valence-corrected chi connectivity index (χ1v) is 12.3. The number of hydrogen-bond acceptors (Lipinski definition) is 6. The van der Waals surface area contributed by atoms with E-state index < -0.39 is 16.1 Å². The van der Waals surface area contributed by atoms with Crippen LogP contribution in [0.5, 0.6) is 0 Å². The Hall–Kier alpha value is -2.09. The summed E-state index contributed by atoms with van der Waals surface area (Å²) in [5.74, 6) is 0.450. The number of hydrogen-bond donors (Lipinski definition) is 1. The SMILES string of the molecule is CCS(=O)(=O)N1CCC(C(=O)N2CSCC2C(=O)Nc2ccc(C#N)cc2)CC1. The molecule has 0 aliphatic carbocycles. The van der Waals surface area contributed by atoms with Crippen LogP contribution in [0.3, 0.4) is 0 Å². The molecule has 0 bridgehead atoms. The van der Waals surface area contributed by atoms with E-state index in [1.807, 2.05) is 6.07 Å². The smallest absolute Gasteiger partial charge is 0.248 e. The number of thioether (sulfide) groups is 1. The first-order chi connectivity index (χ1) is 13.9. The zero-order chi connectivity index (χ0) is 21.0. The molecule has 0 radical (unpaired) electrons. The molecule has 2 fully saturated rings. The summed E-state index contributed by atoms with van der Waals surface area (Å²) in [5.41, 5.74) is 1.09. The highest BCUT2D eigenvalue weighted by Crippen LogP contribution is 2.28. The van der Waals surface area contributed by atoms with Gasteiger partial charge in [-0.1, -0.05) is 0 Å². The lowest BCUT2D eigenvalue weighted by atomic mass is 9.96. The molecule has 2 aliphatic rings. The van der Waals surface area contributed by atoms with Gasteiger partial charge in [-0.2, -0.15) is 5.26 Å². The molecule has 3 rings (SSSR count). The minimum Gasteiger partial charge on any atom is -0.324 e. The van der Waals surface area contributed by atoms with E-state index in [9.17, 15) is 18.0 Å². The second-order valence-corrected chi connectivity index (χ2v) is 10.3. The summed E-state index contributed by atoms with van der Waals surface area (Å²) in [6, 6.07) is 8.04. The summed E-state index contributed by atoms with van der Waals surface area (Å²) in [4.78, 5) is 27.3. The predicted molar refractivity (Wildman–Crippen MR) is 112 cm³/mol. The predicted octanol–water partition coefficient (Wildman–Crippen LogP) is 1.46. The highest BCUT2D eigenvalue weighted by Gasteiger charge is 2.39. The average Bonchev–Trinajstić information content (AvgIpc) is 3.24. The Balaban J connectivity index is 1.60. The second-order valence-electron chi connectivity index (χ2n) is 7.08. The third-order valence-electron chi connectivity index (χ3n) is 5.31. The van der Waals surface area contributed by atoms with Crippen LogP contribution in [0.25, 0.3) is 0 Å². The van der Waals surface area contributed by atoms with Crippen LogP contribution in [0, 0.1) is 17.2 Å². The van der Waals surface area contributed by atoms with E-state index in [4.69, 9.17) is 5.26 Å². The molecule has 2 amide bonds. The topological polar surface area (TPSA) is 111 Å².